The van der Waals surface area contributed by atoms with Crippen molar-refractivity contribution in [1.29, 1.82) is 0 Å². The summed E-state index contributed by atoms with van der Waals surface area (Å²) in [6, 6.07) is 8.68. The Labute approximate surface area is 167 Å². The lowest BCUT2D eigenvalue weighted by molar-refractivity contribution is -0.136. The molecule has 29 heavy (non-hydrogen) atoms. The molecule has 154 valence electrons. The quantitative estimate of drug-likeness (QED) is 0.634. The van der Waals surface area contributed by atoms with Gasteiger partial charge in [0.1, 0.15) is 0 Å². The summed E-state index contributed by atoms with van der Waals surface area (Å²) >= 11 is 0. The Bertz CT molecular complexity index is 993. The molecule has 0 aliphatic carbocycles. The molecular weight excluding hydrogens is 381 g/mol. The lowest BCUT2D eigenvalue weighted by Crippen LogP contribution is -2.35. The molecule has 3 heterocycles. The largest absolute Gasteiger partial charge is 0.417 e. The number of halogens is 3. The highest BCUT2D eigenvalue weighted by Gasteiger charge is 2.34. The van der Waals surface area contributed by atoms with Gasteiger partial charge in [0.15, 0.2) is 5.65 Å². The van der Waals surface area contributed by atoms with E-state index >= 15 is 0 Å². The number of benzene rings is 1. The molecule has 2 aromatic heterocycles. The van der Waals surface area contributed by atoms with Crippen molar-refractivity contribution in [2.24, 2.45) is 0 Å². The summed E-state index contributed by atoms with van der Waals surface area (Å²) in [6.07, 6.45) is -2.25. The number of hydrogen-bond donors (Lipinski definition) is 0. The van der Waals surface area contributed by atoms with Gasteiger partial charge in [-0.1, -0.05) is 25.1 Å². The minimum atomic E-state index is -4.47. The summed E-state index contributed by atoms with van der Waals surface area (Å²) in [5.41, 5.74) is 1.42. The van der Waals surface area contributed by atoms with Crippen LogP contribution in [0.5, 0.6) is 0 Å². The molecule has 8 heteroatoms. The normalized spacial score (nSPS) is 15.9. The molecule has 0 N–H and O–H groups in total. The van der Waals surface area contributed by atoms with Crippen molar-refractivity contribution < 1.29 is 17.9 Å². The second-order valence-electron chi connectivity index (χ2n) is 7.27. The highest BCUT2D eigenvalue weighted by atomic mass is 19.4. The average Bonchev–Trinajstić information content (AvgIpc) is 3.10. The predicted octanol–water partition coefficient (Wildman–Crippen LogP) is 4.36. The number of hydrogen-bond acceptors (Lipinski definition) is 4. The van der Waals surface area contributed by atoms with Crippen molar-refractivity contribution in [2.75, 3.05) is 26.3 Å². The van der Waals surface area contributed by atoms with Gasteiger partial charge in [0.25, 0.3) is 0 Å². The fraction of sp³-hybridized carbons (Fsp3) is 0.429. The summed E-state index contributed by atoms with van der Waals surface area (Å²) in [4.78, 5) is 6.72. The third-order valence-corrected chi connectivity index (χ3v) is 5.03. The monoisotopic (exact) mass is 404 g/mol. The molecule has 0 radical (unpaired) electrons. The van der Waals surface area contributed by atoms with Crippen LogP contribution in [-0.2, 0) is 24.0 Å². The van der Waals surface area contributed by atoms with E-state index in [9.17, 15) is 13.2 Å². The zero-order valence-corrected chi connectivity index (χ0v) is 16.2. The van der Waals surface area contributed by atoms with Crippen LogP contribution in [-0.4, -0.2) is 46.0 Å². The molecule has 1 aliphatic heterocycles. The first kappa shape index (κ1) is 19.8. The molecule has 0 atom stereocenters. The Morgan fingerprint density at radius 1 is 1.14 bits per heavy atom. The van der Waals surface area contributed by atoms with Gasteiger partial charge in [-0.05, 0) is 24.1 Å². The molecule has 1 aromatic carbocycles. The van der Waals surface area contributed by atoms with Gasteiger partial charge < -0.3 is 4.74 Å². The van der Waals surface area contributed by atoms with Crippen LogP contribution in [0.25, 0.3) is 22.3 Å². The maximum atomic E-state index is 13.7. The first-order valence-corrected chi connectivity index (χ1v) is 9.79. The third-order valence-electron chi connectivity index (χ3n) is 5.03. The van der Waals surface area contributed by atoms with Crippen LogP contribution in [0.15, 0.2) is 36.5 Å². The van der Waals surface area contributed by atoms with Gasteiger partial charge in [-0.15, -0.1) is 0 Å². The lowest BCUT2D eigenvalue weighted by atomic mass is 10.0. The first-order valence-electron chi connectivity index (χ1n) is 9.79. The first-order chi connectivity index (χ1) is 13.9. The molecule has 1 aliphatic rings. The van der Waals surface area contributed by atoms with Crippen molar-refractivity contribution in [3.63, 3.8) is 0 Å². The summed E-state index contributed by atoms with van der Waals surface area (Å²) in [5.74, 6) is 0. The van der Waals surface area contributed by atoms with Gasteiger partial charge in [-0.2, -0.15) is 18.3 Å². The Morgan fingerprint density at radius 2 is 1.93 bits per heavy atom. The fourth-order valence-electron chi connectivity index (χ4n) is 3.62. The van der Waals surface area contributed by atoms with Crippen LogP contribution in [0, 0.1) is 0 Å². The van der Waals surface area contributed by atoms with Crippen LogP contribution in [0.3, 0.4) is 0 Å². The van der Waals surface area contributed by atoms with Gasteiger partial charge in [-0.25, -0.2) is 4.98 Å². The highest BCUT2D eigenvalue weighted by Crippen LogP contribution is 2.36. The fourth-order valence-corrected chi connectivity index (χ4v) is 3.62. The third kappa shape index (κ3) is 4.43. The van der Waals surface area contributed by atoms with Gasteiger partial charge in [0.05, 0.1) is 29.9 Å². The van der Waals surface area contributed by atoms with E-state index in [4.69, 9.17) is 4.74 Å². The summed E-state index contributed by atoms with van der Waals surface area (Å²) < 4.78 is 48.0. The second kappa shape index (κ2) is 8.12. The van der Waals surface area contributed by atoms with Crippen LogP contribution in [0.1, 0.15) is 24.5 Å². The smallest absolute Gasteiger partial charge is 0.379 e. The van der Waals surface area contributed by atoms with Crippen molar-refractivity contribution in [3.05, 3.63) is 47.7 Å². The number of aromatic nitrogens is 3. The molecule has 4 rings (SSSR count). The maximum absolute atomic E-state index is 13.7. The van der Waals surface area contributed by atoms with Crippen LogP contribution in [0.4, 0.5) is 13.2 Å². The van der Waals surface area contributed by atoms with E-state index in [0.717, 1.165) is 37.7 Å². The number of morpholine rings is 1. The molecule has 0 unspecified atom stereocenters. The van der Waals surface area contributed by atoms with Gasteiger partial charge in [-0.3, -0.25) is 9.58 Å². The Kier molecular flexibility index (Phi) is 5.56. The van der Waals surface area contributed by atoms with Gasteiger partial charge in [0.2, 0.25) is 0 Å². The van der Waals surface area contributed by atoms with Gasteiger partial charge in [0, 0.05) is 37.9 Å². The Morgan fingerprint density at radius 3 is 2.66 bits per heavy atom. The number of fused-ring (bicyclic) bond motifs is 1. The number of rotatable bonds is 5. The van der Waals surface area contributed by atoms with E-state index in [0.29, 0.717) is 25.3 Å². The van der Waals surface area contributed by atoms with E-state index in [1.54, 1.807) is 6.07 Å². The van der Waals surface area contributed by atoms with Crippen molar-refractivity contribution >= 4 is 11.0 Å². The molecule has 0 spiro atoms. The van der Waals surface area contributed by atoms with E-state index in [1.807, 2.05) is 25.1 Å². The Balaban J connectivity index is 1.72. The number of nitrogens with zero attached hydrogens (tertiary/aromatic N) is 4. The zero-order valence-electron chi connectivity index (χ0n) is 16.2. The highest BCUT2D eigenvalue weighted by molar-refractivity contribution is 5.82. The average molecular weight is 404 g/mol. The summed E-state index contributed by atoms with van der Waals surface area (Å²) in [6.45, 7) is 6.34. The number of pyridine rings is 1. The summed E-state index contributed by atoms with van der Waals surface area (Å²) in [5, 5.41) is 4.30. The van der Waals surface area contributed by atoms with Crippen LogP contribution >= 0.6 is 0 Å². The second-order valence-corrected chi connectivity index (χ2v) is 7.27. The van der Waals surface area contributed by atoms with Crippen LogP contribution in [0.2, 0.25) is 0 Å². The topological polar surface area (TPSA) is 43.2 Å². The number of alkyl halides is 3. The maximum Gasteiger partial charge on any atom is 0.417 e. The Hall–Kier alpha value is -2.45. The van der Waals surface area contributed by atoms with Gasteiger partial charge >= 0.3 is 6.18 Å². The SMILES string of the molecule is CCCn1cc2c(C(F)(F)F)cc(-c3cccc(CN4CCOCC4)c3)nc2n1. The molecule has 1 fully saturated rings. The molecule has 5 nitrogen and oxygen atoms in total. The minimum absolute atomic E-state index is 0.0409. The van der Waals surface area contributed by atoms with Crippen molar-refractivity contribution in [3.8, 4) is 11.3 Å². The van der Waals surface area contributed by atoms with E-state index in [1.165, 1.54) is 10.9 Å². The minimum Gasteiger partial charge on any atom is -0.379 e. The van der Waals surface area contributed by atoms with E-state index < -0.39 is 11.7 Å². The lowest BCUT2D eigenvalue weighted by Gasteiger charge is -2.26. The van der Waals surface area contributed by atoms with Crippen molar-refractivity contribution in [2.45, 2.75) is 32.6 Å². The molecule has 3 aromatic rings. The molecule has 1 saturated heterocycles. The molecule has 0 saturated carbocycles. The number of ether oxygens (including phenoxy) is 1. The number of aryl methyl sites for hydroxylation is 1. The standard InChI is InChI=1S/C21H23F3N4O/c1-2-6-28-14-17-18(21(22,23)24)12-19(25-20(17)26-28)16-5-3-4-15(11-16)13-27-7-9-29-10-8-27/h3-5,11-12,14H,2,6-10,13H2,1H3. The molecule has 0 amide bonds. The zero-order chi connectivity index (χ0) is 20.4. The molecule has 0 bridgehead atoms. The van der Waals surface area contributed by atoms with Crippen molar-refractivity contribution in [1.82, 2.24) is 19.7 Å². The molecular formula is C21H23F3N4O. The summed E-state index contributed by atoms with van der Waals surface area (Å²) in [7, 11) is 0. The van der Waals surface area contributed by atoms with E-state index in [2.05, 4.69) is 15.0 Å². The predicted molar refractivity (Wildman–Crippen MR) is 104 cm³/mol. The van der Waals surface area contributed by atoms with E-state index in [-0.39, 0.29) is 16.7 Å². The van der Waals surface area contributed by atoms with Crippen LogP contribution < -0.4 is 0 Å².